The maximum atomic E-state index is 12.3. The molecule has 4 rings (SSSR count). The van der Waals surface area contributed by atoms with Crippen molar-refractivity contribution in [2.45, 2.75) is 76.7 Å². The summed E-state index contributed by atoms with van der Waals surface area (Å²) in [6.45, 7) is 1.15. The van der Waals surface area contributed by atoms with Gasteiger partial charge in [-0.1, -0.05) is 38.2 Å². The molecule has 2 aliphatic carbocycles. The summed E-state index contributed by atoms with van der Waals surface area (Å²) in [7, 11) is 0. The molecule has 0 unspecified atom stereocenters. The Labute approximate surface area is 145 Å². The van der Waals surface area contributed by atoms with Gasteiger partial charge in [0.2, 0.25) is 5.91 Å². The third-order valence-electron chi connectivity index (χ3n) is 6.26. The Balaban J connectivity index is 1.43. The minimum absolute atomic E-state index is 0.198. The number of hydrogen-bond donors (Lipinski definition) is 1. The zero-order valence-electron chi connectivity index (χ0n) is 14.7. The Hall–Kier alpha value is -1.51. The summed E-state index contributed by atoms with van der Waals surface area (Å²) < 4.78 is 0. The van der Waals surface area contributed by atoms with Gasteiger partial charge in [0.05, 0.1) is 0 Å². The molecule has 2 saturated carbocycles. The van der Waals surface area contributed by atoms with Crippen molar-refractivity contribution in [3.63, 3.8) is 0 Å². The number of nitrogens with zero attached hydrogens (tertiary/aromatic N) is 1. The molecular formula is C21H30N2O. The van der Waals surface area contributed by atoms with Gasteiger partial charge in [-0.25, -0.2) is 0 Å². The first-order valence-corrected chi connectivity index (χ1v) is 9.99. The maximum Gasteiger partial charge on any atom is 0.224 e. The quantitative estimate of drug-likeness (QED) is 0.853. The van der Waals surface area contributed by atoms with Gasteiger partial charge in [-0.3, -0.25) is 4.79 Å². The molecule has 3 heteroatoms. The highest BCUT2D eigenvalue weighted by molar-refractivity contribution is 5.91. The molecule has 0 spiro atoms. The summed E-state index contributed by atoms with van der Waals surface area (Å²) in [5.41, 5.74) is 3.81. The molecule has 0 atom stereocenters. The highest BCUT2D eigenvalue weighted by Gasteiger charge is 2.27. The van der Waals surface area contributed by atoms with E-state index < -0.39 is 0 Å². The number of carbonyl (C=O) groups is 1. The predicted octanol–water partition coefficient (Wildman–Crippen LogP) is 4.90. The second kappa shape index (κ2) is 7.16. The Morgan fingerprint density at radius 1 is 1.04 bits per heavy atom. The van der Waals surface area contributed by atoms with Crippen LogP contribution in [0, 0.1) is 5.92 Å². The first kappa shape index (κ1) is 16.0. The zero-order valence-corrected chi connectivity index (χ0v) is 14.7. The number of anilines is 2. The van der Waals surface area contributed by atoms with E-state index in [1.165, 1.54) is 69.0 Å². The van der Waals surface area contributed by atoms with Crippen molar-refractivity contribution in [1.29, 1.82) is 0 Å². The van der Waals surface area contributed by atoms with Crippen LogP contribution in [0.25, 0.3) is 0 Å². The van der Waals surface area contributed by atoms with E-state index in [0.29, 0.717) is 18.4 Å². The smallest absolute Gasteiger partial charge is 0.224 e. The van der Waals surface area contributed by atoms with Crippen molar-refractivity contribution in [3.05, 3.63) is 23.8 Å². The monoisotopic (exact) mass is 326 g/mol. The van der Waals surface area contributed by atoms with Crippen molar-refractivity contribution in [2.75, 3.05) is 16.8 Å². The number of fused-ring (bicyclic) bond motifs is 1. The van der Waals surface area contributed by atoms with E-state index in [2.05, 4.69) is 28.4 Å². The molecule has 0 radical (unpaired) electrons. The van der Waals surface area contributed by atoms with E-state index in [-0.39, 0.29) is 5.91 Å². The van der Waals surface area contributed by atoms with Gasteiger partial charge < -0.3 is 10.2 Å². The number of carbonyl (C=O) groups excluding carboxylic acids is 1. The summed E-state index contributed by atoms with van der Waals surface area (Å²) in [6, 6.07) is 7.26. The van der Waals surface area contributed by atoms with Gasteiger partial charge in [0, 0.05) is 30.4 Å². The molecule has 130 valence electrons. The van der Waals surface area contributed by atoms with Gasteiger partial charge in [-0.2, -0.15) is 0 Å². The molecule has 1 N–H and O–H groups in total. The number of amides is 1. The number of hydrogen-bond acceptors (Lipinski definition) is 2. The first-order valence-electron chi connectivity index (χ1n) is 9.99. The van der Waals surface area contributed by atoms with E-state index in [4.69, 9.17) is 0 Å². The van der Waals surface area contributed by atoms with E-state index in [1.807, 2.05) is 0 Å². The van der Waals surface area contributed by atoms with Crippen LogP contribution in [0.5, 0.6) is 0 Å². The van der Waals surface area contributed by atoms with Crippen LogP contribution in [0.15, 0.2) is 18.2 Å². The lowest BCUT2D eigenvalue weighted by molar-refractivity contribution is -0.117. The number of nitrogens with one attached hydrogen (secondary N) is 1. The second-order valence-corrected chi connectivity index (χ2v) is 7.98. The molecule has 0 saturated heterocycles. The van der Waals surface area contributed by atoms with Crippen molar-refractivity contribution >= 4 is 17.3 Å². The predicted molar refractivity (Wildman–Crippen MR) is 99.6 cm³/mol. The topological polar surface area (TPSA) is 32.3 Å². The molecule has 2 fully saturated rings. The van der Waals surface area contributed by atoms with Crippen LogP contribution >= 0.6 is 0 Å². The minimum Gasteiger partial charge on any atom is -0.368 e. The van der Waals surface area contributed by atoms with Crippen LogP contribution in [-0.2, 0) is 11.2 Å². The SMILES string of the molecule is O=C(CC1CCCC1)Nc1ccc2c(c1)N(C1CCCCC1)CC2. The number of rotatable bonds is 4. The molecule has 0 aromatic heterocycles. The van der Waals surface area contributed by atoms with E-state index in [9.17, 15) is 4.79 Å². The third-order valence-corrected chi connectivity index (χ3v) is 6.26. The summed E-state index contributed by atoms with van der Waals surface area (Å²) >= 11 is 0. The van der Waals surface area contributed by atoms with Crippen LogP contribution in [0.1, 0.15) is 69.8 Å². The second-order valence-electron chi connectivity index (χ2n) is 7.98. The van der Waals surface area contributed by atoms with Crippen molar-refractivity contribution in [3.8, 4) is 0 Å². The van der Waals surface area contributed by atoms with Gasteiger partial charge in [-0.15, -0.1) is 0 Å². The van der Waals surface area contributed by atoms with E-state index in [0.717, 1.165) is 18.7 Å². The normalized spacial score (nSPS) is 21.9. The molecule has 1 aromatic rings. The molecule has 3 nitrogen and oxygen atoms in total. The van der Waals surface area contributed by atoms with Crippen molar-refractivity contribution in [1.82, 2.24) is 0 Å². The zero-order chi connectivity index (χ0) is 16.4. The lowest BCUT2D eigenvalue weighted by atomic mass is 9.94. The molecule has 1 heterocycles. The lowest BCUT2D eigenvalue weighted by Crippen LogP contribution is -2.35. The fourth-order valence-corrected chi connectivity index (χ4v) is 4.94. The van der Waals surface area contributed by atoms with Crippen molar-refractivity contribution in [2.24, 2.45) is 5.92 Å². The molecule has 24 heavy (non-hydrogen) atoms. The molecule has 0 bridgehead atoms. The van der Waals surface area contributed by atoms with Crippen LogP contribution in [-0.4, -0.2) is 18.5 Å². The molecule has 1 aromatic carbocycles. The molecule has 3 aliphatic rings. The van der Waals surface area contributed by atoms with E-state index in [1.54, 1.807) is 0 Å². The van der Waals surface area contributed by atoms with Crippen LogP contribution in [0.3, 0.4) is 0 Å². The van der Waals surface area contributed by atoms with Crippen molar-refractivity contribution < 1.29 is 4.79 Å². The summed E-state index contributed by atoms with van der Waals surface area (Å²) in [4.78, 5) is 14.9. The van der Waals surface area contributed by atoms with Crippen LogP contribution in [0.2, 0.25) is 0 Å². The lowest BCUT2D eigenvalue weighted by Gasteiger charge is -2.33. The average molecular weight is 326 g/mol. The van der Waals surface area contributed by atoms with Crippen LogP contribution < -0.4 is 10.2 Å². The summed E-state index contributed by atoms with van der Waals surface area (Å²) in [5.74, 6) is 0.808. The Morgan fingerprint density at radius 3 is 2.58 bits per heavy atom. The summed E-state index contributed by atoms with van der Waals surface area (Å²) in [5, 5.41) is 3.16. The summed E-state index contributed by atoms with van der Waals surface area (Å²) in [6.07, 6.45) is 13.7. The van der Waals surface area contributed by atoms with Gasteiger partial charge in [0.1, 0.15) is 0 Å². The Kier molecular flexibility index (Phi) is 4.77. The third kappa shape index (κ3) is 3.45. The molecule has 1 aliphatic heterocycles. The minimum atomic E-state index is 0.198. The Bertz CT molecular complexity index is 586. The highest BCUT2D eigenvalue weighted by Crippen LogP contribution is 2.36. The highest BCUT2D eigenvalue weighted by atomic mass is 16.1. The number of benzene rings is 1. The van der Waals surface area contributed by atoms with Gasteiger partial charge in [0.15, 0.2) is 0 Å². The average Bonchev–Trinajstić information content (AvgIpc) is 3.25. The molecular weight excluding hydrogens is 296 g/mol. The van der Waals surface area contributed by atoms with Gasteiger partial charge in [0.25, 0.3) is 0 Å². The fraction of sp³-hybridized carbons (Fsp3) is 0.667. The van der Waals surface area contributed by atoms with E-state index >= 15 is 0 Å². The molecule has 1 amide bonds. The van der Waals surface area contributed by atoms with Crippen LogP contribution in [0.4, 0.5) is 11.4 Å². The van der Waals surface area contributed by atoms with Gasteiger partial charge in [-0.05, 0) is 55.7 Å². The standard InChI is InChI=1S/C21H30N2O/c24-21(14-16-6-4-5-7-16)22-18-11-10-17-12-13-23(20(17)15-18)19-8-2-1-3-9-19/h10-11,15-16,19H,1-9,12-14H2,(H,22,24). The van der Waals surface area contributed by atoms with Gasteiger partial charge >= 0.3 is 0 Å². The largest absolute Gasteiger partial charge is 0.368 e. The first-order chi connectivity index (χ1) is 11.8. The Morgan fingerprint density at radius 2 is 1.79 bits per heavy atom. The maximum absolute atomic E-state index is 12.3. The fourth-order valence-electron chi connectivity index (χ4n) is 4.94.